The zero-order valence-corrected chi connectivity index (χ0v) is 33.7. The summed E-state index contributed by atoms with van der Waals surface area (Å²) in [4.78, 5) is 21.3. The van der Waals surface area contributed by atoms with E-state index in [-0.39, 0.29) is 17.3 Å². The second-order valence-electron chi connectivity index (χ2n) is 16.9. The molecule has 54 heavy (non-hydrogen) atoms. The average Bonchev–Trinajstić information content (AvgIpc) is 3.26. The molecule has 1 amide bonds. The van der Waals surface area contributed by atoms with Crippen LogP contribution in [0, 0.1) is 17.8 Å². The first-order valence-corrected chi connectivity index (χ1v) is 22.1. The second-order valence-corrected chi connectivity index (χ2v) is 19.4. The number of fused-ring (bicyclic) bond motifs is 4. The number of nitrogens with one attached hydrogen (secondary N) is 1. The van der Waals surface area contributed by atoms with Gasteiger partial charge in [-0.25, -0.2) is 13.1 Å². The van der Waals surface area contributed by atoms with Crippen molar-refractivity contribution in [3.63, 3.8) is 0 Å². The molecule has 8 rings (SSSR count). The highest BCUT2D eigenvalue weighted by atomic mass is 35.5. The van der Waals surface area contributed by atoms with Gasteiger partial charge in [-0.15, -0.1) is 0 Å². The van der Waals surface area contributed by atoms with E-state index in [1.807, 2.05) is 25.1 Å². The zero-order valence-electron chi connectivity index (χ0n) is 32.1. The van der Waals surface area contributed by atoms with Crippen LogP contribution in [-0.4, -0.2) is 113 Å². The van der Waals surface area contributed by atoms with E-state index in [4.69, 9.17) is 25.8 Å². The molecule has 2 bridgehead atoms. The molecule has 6 atom stereocenters. The number of nitrogens with zero attached hydrogens (tertiary/aromatic N) is 3. The smallest absolute Gasteiger partial charge is 0.264 e. The quantitative estimate of drug-likeness (QED) is 0.385. The molecule has 3 fully saturated rings. The van der Waals surface area contributed by atoms with Crippen molar-refractivity contribution < 1.29 is 27.4 Å². The van der Waals surface area contributed by atoms with Crippen LogP contribution in [0.3, 0.4) is 0 Å². The van der Waals surface area contributed by atoms with Gasteiger partial charge in [-0.3, -0.25) is 14.6 Å². The Hall–Kier alpha value is -2.67. The Labute approximate surface area is 326 Å². The standard InChI is InChI=1S/C42H57ClN4O6S/c1-4-53-42(27-45-17-19-46(20-18-45)35-24-51-25-35)16-5-7-29(2)30(3)54(49,50)44-40(48)32-10-14-39-38(22-32)47(23-33-9-12-37(33)42)26-41(28-52-39)15-6-8-31-21-34(43)11-13-36(31)41/h5,10-11,13-14,16,21-22,29-30,33,35,37H,4,6-9,12,15,17-20,23-28H2,1-3H3,(H,44,48)/b16-5+/t29-,30+,33-,37+,41-,42+/m0/s1. The third-order valence-electron chi connectivity index (χ3n) is 13.7. The van der Waals surface area contributed by atoms with Crippen LogP contribution in [0.15, 0.2) is 48.6 Å². The largest absolute Gasteiger partial charge is 0.490 e. The van der Waals surface area contributed by atoms with Crippen LogP contribution in [0.1, 0.15) is 74.4 Å². The number of anilines is 1. The molecule has 2 aliphatic carbocycles. The molecule has 1 spiro atoms. The van der Waals surface area contributed by atoms with Gasteiger partial charge in [-0.2, -0.15) is 0 Å². The fourth-order valence-electron chi connectivity index (χ4n) is 10.1. The van der Waals surface area contributed by atoms with Crippen molar-refractivity contribution in [3.05, 3.63) is 70.3 Å². The molecule has 1 saturated carbocycles. The molecular formula is C42H57ClN4O6S. The lowest BCUT2D eigenvalue weighted by molar-refractivity contribution is -0.119. The summed E-state index contributed by atoms with van der Waals surface area (Å²) >= 11 is 6.52. The number of carbonyl (C=O) groups excluding carboxylic acids is 1. The summed E-state index contributed by atoms with van der Waals surface area (Å²) in [6.45, 7) is 14.8. The van der Waals surface area contributed by atoms with Crippen LogP contribution >= 0.6 is 11.6 Å². The molecule has 0 radical (unpaired) electrons. The van der Waals surface area contributed by atoms with Crippen molar-refractivity contribution in [3.8, 4) is 5.75 Å². The zero-order chi connectivity index (χ0) is 37.7. The third-order valence-corrected chi connectivity index (χ3v) is 15.8. The molecule has 4 heterocycles. The Balaban J connectivity index is 1.18. The molecule has 6 aliphatic rings. The van der Waals surface area contributed by atoms with Gasteiger partial charge in [0, 0.05) is 68.4 Å². The van der Waals surface area contributed by atoms with Crippen LogP contribution in [0.25, 0.3) is 0 Å². The summed E-state index contributed by atoms with van der Waals surface area (Å²) in [5, 5.41) is -0.0278. The van der Waals surface area contributed by atoms with Crippen molar-refractivity contribution >= 4 is 33.2 Å². The lowest BCUT2D eigenvalue weighted by Crippen LogP contribution is -2.61. The summed E-state index contributed by atoms with van der Waals surface area (Å²) in [7, 11) is -3.96. The number of benzene rings is 2. The first-order valence-electron chi connectivity index (χ1n) is 20.2. The van der Waals surface area contributed by atoms with Crippen LogP contribution in [0.4, 0.5) is 5.69 Å². The molecular weight excluding hydrogens is 724 g/mol. The maximum Gasteiger partial charge on any atom is 0.264 e. The van der Waals surface area contributed by atoms with Gasteiger partial charge in [0.1, 0.15) is 11.4 Å². The molecule has 0 aromatic heterocycles. The topological polar surface area (TPSA) is 101 Å². The normalized spacial score (nSPS) is 34.0. The number of amides is 1. The molecule has 2 aromatic carbocycles. The number of rotatable bonds is 5. The minimum absolute atomic E-state index is 0.218. The summed E-state index contributed by atoms with van der Waals surface area (Å²) in [5.41, 5.74) is 2.92. The lowest BCUT2D eigenvalue weighted by atomic mass is 9.63. The minimum atomic E-state index is -3.96. The van der Waals surface area contributed by atoms with Crippen LogP contribution in [0.5, 0.6) is 5.75 Å². The summed E-state index contributed by atoms with van der Waals surface area (Å²) < 4.78 is 48.9. The van der Waals surface area contributed by atoms with E-state index in [9.17, 15) is 13.2 Å². The molecule has 2 aromatic rings. The van der Waals surface area contributed by atoms with Crippen LogP contribution in [-0.2, 0) is 31.3 Å². The molecule has 12 heteroatoms. The van der Waals surface area contributed by atoms with E-state index < -0.39 is 26.8 Å². The van der Waals surface area contributed by atoms with Crippen LogP contribution < -0.4 is 14.4 Å². The summed E-state index contributed by atoms with van der Waals surface area (Å²) in [5.74, 6) is 0.496. The SMILES string of the molecule is CCO[C@@]1(CN2CCN(C3COC3)CC2)/C=C/C[C@H](C)[C@@H](C)S(=O)(=O)NC(=O)c2ccc3c(c2)N(C[C@@H]2CC[C@H]21)C[C@@]1(CCCc2cc(Cl)ccc21)CO3. The van der Waals surface area contributed by atoms with E-state index in [1.54, 1.807) is 13.0 Å². The minimum Gasteiger partial charge on any atom is -0.490 e. The van der Waals surface area contributed by atoms with Gasteiger partial charge in [-0.05, 0) is 112 Å². The van der Waals surface area contributed by atoms with E-state index in [2.05, 4.69) is 50.6 Å². The number of sulfonamides is 1. The maximum atomic E-state index is 13.7. The lowest BCUT2D eigenvalue weighted by Gasteiger charge is -2.53. The first-order chi connectivity index (χ1) is 26.0. The van der Waals surface area contributed by atoms with E-state index in [0.717, 1.165) is 108 Å². The number of hydrogen-bond donors (Lipinski definition) is 1. The van der Waals surface area contributed by atoms with Crippen molar-refractivity contribution in [1.29, 1.82) is 0 Å². The fraction of sp³-hybridized carbons (Fsp3) is 0.643. The van der Waals surface area contributed by atoms with Gasteiger partial charge in [0.25, 0.3) is 5.91 Å². The number of ether oxygens (including phenoxy) is 3. The molecule has 2 saturated heterocycles. The Kier molecular flexibility index (Phi) is 10.9. The Morgan fingerprint density at radius 1 is 1.06 bits per heavy atom. The molecule has 10 nitrogen and oxygen atoms in total. The van der Waals surface area contributed by atoms with Gasteiger partial charge in [0.15, 0.2) is 0 Å². The highest BCUT2D eigenvalue weighted by Crippen LogP contribution is 2.49. The van der Waals surface area contributed by atoms with E-state index in [1.165, 1.54) is 11.1 Å². The Morgan fingerprint density at radius 3 is 2.59 bits per heavy atom. The number of hydrogen-bond acceptors (Lipinski definition) is 9. The predicted molar refractivity (Wildman–Crippen MR) is 212 cm³/mol. The molecule has 4 aliphatic heterocycles. The second kappa shape index (κ2) is 15.3. The number of carbonyl (C=O) groups is 1. The number of halogens is 1. The Morgan fingerprint density at radius 2 is 1.87 bits per heavy atom. The van der Waals surface area contributed by atoms with E-state index in [0.29, 0.717) is 37.2 Å². The fourth-order valence-corrected chi connectivity index (χ4v) is 11.5. The van der Waals surface area contributed by atoms with Gasteiger partial charge in [0.05, 0.1) is 36.8 Å². The predicted octanol–water partition coefficient (Wildman–Crippen LogP) is 5.68. The highest BCUT2D eigenvalue weighted by molar-refractivity contribution is 7.90. The third kappa shape index (κ3) is 7.34. The molecule has 0 unspecified atom stereocenters. The summed E-state index contributed by atoms with van der Waals surface area (Å²) in [6.07, 6.45) is 10.2. The van der Waals surface area contributed by atoms with Crippen molar-refractivity contribution in [2.45, 2.75) is 81.6 Å². The van der Waals surface area contributed by atoms with Crippen molar-refractivity contribution in [2.24, 2.45) is 17.8 Å². The first kappa shape index (κ1) is 38.2. The summed E-state index contributed by atoms with van der Waals surface area (Å²) in [6, 6.07) is 12.2. The number of piperazine rings is 1. The van der Waals surface area contributed by atoms with Gasteiger partial charge in [-0.1, -0.05) is 36.7 Å². The van der Waals surface area contributed by atoms with Gasteiger partial charge >= 0.3 is 0 Å². The van der Waals surface area contributed by atoms with Crippen molar-refractivity contribution in [2.75, 3.05) is 77.1 Å². The highest BCUT2D eigenvalue weighted by Gasteiger charge is 2.50. The molecule has 294 valence electrons. The van der Waals surface area contributed by atoms with Crippen molar-refractivity contribution in [1.82, 2.24) is 14.5 Å². The molecule has 1 N–H and O–H groups in total. The number of allylic oxidation sites excluding steroid dienone is 1. The van der Waals surface area contributed by atoms with Crippen LogP contribution in [0.2, 0.25) is 5.02 Å². The monoisotopic (exact) mass is 780 g/mol. The average molecular weight is 781 g/mol. The van der Waals surface area contributed by atoms with E-state index >= 15 is 0 Å². The number of aryl methyl sites for hydroxylation is 1. The van der Waals surface area contributed by atoms with Gasteiger partial charge < -0.3 is 19.1 Å². The Bertz CT molecular complexity index is 1850. The van der Waals surface area contributed by atoms with Gasteiger partial charge in [0.2, 0.25) is 10.0 Å². The maximum absolute atomic E-state index is 13.7.